The molecule has 0 aliphatic carbocycles. The molecule has 0 aliphatic heterocycles. The first-order chi connectivity index (χ1) is 20.4. The summed E-state index contributed by atoms with van der Waals surface area (Å²) in [5, 5.41) is 14.7. The Bertz CT molecular complexity index is 1780. The van der Waals surface area contributed by atoms with Gasteiger partial charge >= 0.3 is 0 Å². The Hall–Kier alpha value is -5.40. The summed E-state index contributed by atoms with van der Waals surface area (Å²) >= 11 is 1.07. The molecule has 0 spiro atoms. The van der Waals surface area contributed by atoms with Crippen LogP contribution in [0.15, 0.2) is 96.5 Å². The maximum absolute atomic E-state index is 15.0. The van der Waals surface area contributed by atoms with Crippen LogP contribution < -0.4 is 15.4 Å². The van der Waals surface area contributed by atoms with Crippen molar-refractivity contribution in [2.75, 3.05) is 0 Å². The van der Waals surface area contributed by atoms with Gasteiger partial charge in [0.05, 0.1) is 22.7 Å². The Morgan fingerprint density at radius 2 is 1.57 bits per heavy atom. The summed E-state index contributed by atoms with van der Waals surface area (Å²) in [6.07, 6.45) is 0. The van der Waals surface area contributed by atoms with Gasteiger partial charge in [-0.05, 0) is 59.2 Å². The summed E-state index contributed by atoms with van der Waals surface area (Å²) in [5.74, 6) is -1.30. The van der Waals surface area contributed by atoms with Gasteiger partial charge in [-0.2, -0.15) is 5.26 Å². The fourth-order valence-electron chi connectivity index (χ4n) is 4.07. The molecule has 1 heterocycles. The molecule has 4 aromatic carbocycles. The Labute approximate surface area is 244 Å². The van der Waals surface area contributed by atoms with Crippen LogP contribution in [-0.4, -0.2) is 16.8 Å². The minimum absolute atomic E-state index is 0.0492. The van der Waals surface area contributed by atoms with E-state index in [0.717, 1.165) is 22.5 Å². The summed E-state index contributed by atoms with van der Waals surface area (Å²) in [6, 6.07) is 26.0. The number of nitrogens with zero attached hydrogens (tertiary/aromatic N) is 2. The molecule has 10 heteroatoms. The molecule has 0 saturated carbocycles. The maximum Gasteiger partial charge on any atom is 0.267 e. The van der Waals surface area contributed by atoms with Gasteiger partial charge in [-0.15, -0.1) is 11.3 Å². The van der Waals surface area contributed by atoms with Gasteiger partial charge in [0.1, 0.15) is 17.4 Å². The average molecular weight is 581 g/mol. The first-order valence-electron chi connectivity index (χ1n) is 12.7. The lowest BCUT2D eigenvalue weighted by molar-refractivity contribution is 0.0943. The van der Waals surface area contributed by atoms with E-state index >= 15 is 0 Å². The van der Waals surface area contributed by atoms with Crippen molar-refractivity contribution < 1.29 is 23.1 Å². The van der Waals surface area contributed by atoms with Gasteiger partial charge in [-0.3, -0.25) is 9.59 Å². The van der Waals surface area contributed by atoms with Crippen molar-refractivity contribution in [1.82, 2.24) is 15.6 Å². The molecule has 7 nitrogen and oxygen atoms in total. The van der Waals surface area contributed by atoms with E-state index in [0.29, 0.717) is 28.0 Å². The number of benzene rings is 4. The van der Waals surface area contributed by atoms with Crippen molar-refractivity contribution in [3.05, 3.63) is 135 Å². The van der Waals surface area contributed by atoms with E-state index < -0.39 is 17.5 Å². The highest BCUT2D eigenvalue weighted by Crippen LogP contribution is 2.27. The number of aromatic nitrogens is 1. The Balaban J connectivity index is 1.17. The summed E-state index contributed by atoms with van der Waals surface area (Å²) in [4.78, 5) is 29.5. The van der Waals surface area contributed by atoms with Crippen LogP contribution >= 0.6 is 11.3 Å². The number of ether oxygens (including phenoxy) is 1. The number of halogens is 2. The fraction of sp³-hybridized carbons (Fsp3) is 0.0625. The summed E-state index contributed by atoms with van der Waals surface area (Å²) in [5.41, 5.74) is 4.65. The number of carbonyl (C=O) groups excluding carboxylic acids is 2. The number of amides is 2. The Morgan fingerprint density at radius 1 is 0.857 bits per heavy atom. The average Bonchev–Trinajstić information content (AvgIpc) is 3.48. The quantitative estimate of drug-likeness (QED) is 0.204. The van der Waals surface area contributed by atoms with Gasteiger partial charge in [0, 0.05) is 18.7 Å². The predicted molar refractivity (Wildman–Crippen MR) is 154 cm³/mol. The molecule has 5 rings (SSSR count). The maximum atomic E-state index is 15.0. The lowest BCUT2D eigenvalue weighted by Crippen LogP contribution is -2.23. The zero-order valence-electron chi connectivity index (χ0n) is 21.9. The molecule has 208 valence electrons. The third-order valence-electron chi connectivity index (χ3n) is 6.29. The van der Waals surface area contributed by atoms with Crippen molar-refractivity contribution in [2.45, 2.75) is 13.1 Å². The highest BCUT2D eigenvalue weighted by atomic mass is 32.1. The molecule has 2 amide bonds. The highest BCUT2D eigenvalue weighted by molar-refractivity contribution is 7.12. The first kappa shape index (κ1) is 28.1. The zero-order valence-corrected chi connectivity index (χ0v) is 22.8. The van der Waals surface area contributed by atoms with Crippen LogP contribution in [0.3, 0.4) is 0 Å². The first-order valence-corrected chi connectivity index (χ1v) is 13.6. The van der Waals surface area contributed by atoms with Crippen molar-refractivity contribution >= 4 is 23.2 Å². The number of carbonyl (C=O) groups is 2. The van der Waals surface area contributed by atoms with Crippen LogP contribution in [0.2, 0.25) is 0 Å². The lowest BCUT2D eigenvalue weighted by atomic mass is 10.0. The molecule has 0 unspecified atom stereocenters. The number of nitriles is 1. The van der Waals surface area contributed by atoms with Crippen LogP contribution in [0.5, 0.6) is 11.6 Å². The van der Waals surface area contributed by atoms with Crippen molar-refractivity contribution in [1.29, 1.82) is 5.26 Å². The minimum atomic E-state index is -0.479. The van der Waals surface area contributed by atoms with E-state index in [-0.39, 0.29) is 29.8 Å². The van der Waals surface area contributed by atoms with Crippen molar-refractivity contribution in [3.8, 4) is 28.8 Å². The molecule has 2 N–H and O–H groups in total. The second-order valence-electron chi connectivity index (χ2n) is 9.07. The molecule has 0 atom stereocenters. The second-order valence-corrected chi connectivity index (χ2v) is 9.92. The normalized spacial score (nSPS) is 10.5. The molecule has 0 fully saturated rings. The highest BCUT2D eigenvalue weighted by Gasteiger charge is 2.18. The standard InChI is InChI=1S/C32H22F2N4O3S/c33-25-11-13-26(14-12-25)41-32-29(42-19-38-32)31(40)37-18-24-10-9-22(15-28(24)34)21-7-5-20(6-8-21)17-36-30(39)27-4-2-1-3-23(27)16-35/h1-15,19H,17-18H2,(H,36,39)(H,37,40). The number of thiazole rings is 1. The SMILES string of the molecule is N#Cc1ccccc1C(=O)NCc1ccc(-c2ccc(CNC(=O)c3scnc3Oc3ccc(F)cc3)c(F)c2)cc1. The smallest absolute Gasteiger partial charge is 0.267 e. The fourth-order valence-corrected chi connectivity index (χ4v) is 4.70. The van der Waals surface area contributed by atoms with E-state index in [1.807, 2.05) is 30.3 Å². The Morgan fingerprint density at radius 3 is 2.31 bits per heavy atom. The Kier molecular flexibility index (Phi) is 8.61. The van der Waals surface area contributed by atoms with E-state index in [9.17, 15) is 23.6 Å². The topological polar surface area (TPSA) is 104 Å². The number of nitrogens with one attached hydrogen (secondary N) is 2. The second kappa shape index (κ2) is 12.8. The summed E-state index contributed by atoms with van der Waals surface area (Å²) in [6.45, 7) is 0.217. The van der Waals surface area contributed by atoms with Gasteiger partial charge < -0.3 is 15.4 Å². The molecule has 0 saturated heterocycles. The van der Waals surface area contributed by atoms with Gasteiger partial charge in [-0.1, -0.05) is 48.5 Å². The van der Waals surface area contributed by atoms with Crippen LogP contribution in [-0.2, 0) is 13.1 Å². The van der Waals surface area contributed by atoms with E-state index in [1.165, 1.54) is 35.8 Å². The van der Waals surface area contributed by atoms with Gasteiger partial charge in [-0.25, -0.2) is 13.8 Å². The molecular weight excluding hydrogens is 558 g/mol. The molecule has 0 aliphatic rings. The largest absolute Gasteiger partial charge is 0.437 e. The van der Waals surface area contributed by atoms with E-state index in [4.69, 9.17) is 4.74 Å². The molecule has 42 heavy (non-hydrogen) atoms. The molecule has 5 aromatic rings. The van der Waals surface area contributed by atoms with Crippen LogP contribution in [0.1, 0.15) is 36.7 Å². The number of hydrogen-bond acceptors (Lipinski definition) is 6. The van der Waals surface area contributed by atoms with E-state index in [2.05, 4.69) is 15.6 Å². The van der Waals surface area contributed by atoms with Gasteiger partial charge in [0.15, 0.2) is 4.88 Å². The molecular formula is C32H22F2N4O3S. The van der Waals surface area contributed by atoms with Crippen LogP contribution in [0, 0.1) is 23.0 Å². The minimum Gasteiger partial charge on any atom is -0.437 e. The van der Waals surface area contributed by atoms with Gasteiger partial charge in [0.25, 0.3) is 11.8 Å². The summed E-state index contributed by atoms with van der Waals surface area (Å²) < 4.78 is 33.7. The van der Waals surface area contributed by atoms with Crippen molar-refractivity contribution in [3.63, 3.8) is 0 Å². The lowest BCUT2D eigenvalue weighted by Gasteiger charge is -2.10. The predicted octanol–water partition coefficient (Wildman–Crippen LogP) is 6.61. The molecule has 1 aromatic heterocycles. The third-order valence-corrected chi connectivity index (χ3v) is 7.10. The van der Waals surface area contributed by atoms with Crippen molar-refractivity contribution in [2.24, 2.45) is 0 Å². The van der Waals surface area contributed by atoms with Gasteiger partial charge in [0.2, 0.25) is 5.88 Å². The molecule has 0 radical (unpaired) electrons. The zero-order chi connectivity index (χ0) is 29.5. The number of rotatable bonds is 9. The molecule has 0 bridgehead atoms. The summed E-state index contributed by atoms with van der Waals surface area (Å²) in [7, 11) is 0. The van der Waals surface area contributed by atoms with Crippen LogP contribution in [0.4, 0.5) is 8.78 Å². The van der Waals surface area contributed by atoms with Crippen LogP contribution in [0.25, 0.3) is 11.1 Å². The third kappa shape index (κ3) is 6.66. The van der Waals surface area contributed by atoms with E-state index in [1.54, 1.807) is 36.4 Å². The number of hydrogen-bond donors (Lipinski definition) is 2. The monoisotopic (exact) mass is 580 g/mol.